The normalized spacial score (nSPS) is 14.1. The zero-order chi connectivity index (χ0) is 16.9. The number of amides is 1. The van der Waals surface area contributed by atoms with Crippen LogP contribution in [0.25, 0.3) is 0 Å². The Kier molecular flexibility index (Phi) is 5.05. The Bertz CT molecular complexity index is 697. The maximum Gasteiger partial charge on any atom is 0.234 e. The van der Waals surface area contributed by atoms with E-state index in [4.69, 9.17) is 13.9 Å². The summed E-state index contributed by atoms with van der Waals surface area (Å²) in [6.45, 7) is 2.36. The topological polar surface area (TPSA) is 63.9 Å². The molecule has 1 amide bonds. The van der Waals surface area contributed by atoms with Crippen LogP contribution in [0.5, 0.6) is 11.5 Å². The Balaban J connectivity index is 1.59. The number of benzene rings is 1. The summed E-state index contributed by atoms with van der Waals surface area (Å²) < 4.78 is 15.9. The molecule has 0 atom stereocenters. The molecule has 0 fully saturated rings. The number of furan rings is 1. The molecule has 2 heterocycles. The van der Waals surface area contributed by atoms with Gasteiger partial charge < -0.3 is 19.2 Å². The smallest absolute Gasteiger partial charge is 0.234 e. The Morgan fingerprint density at radius 3 is 2.67 bits per heavy atom. The van der Waals surface area contributed by atoms with Gasteiger partial charge in [0, 0.05) is 13.1 Å². The van der Waals surface area contributed by atoms with E-state index in [1.54, 1.807) is 20.5 Å². The first-order chi connectivity index (χ1) is 11.7. The van der Waals surface area contributed by atoms with Crippen molar-refractivity contribution in [1.82, 2.24) is 10.2 Å². The molecule has 1 aromatic heterocycles. The van der Waals surface area contributed by atoms with Gasteiger partial charge in [-0.25, -0.2) is 0 Å². The van der Waals surface area contributed by atoms with Crippen LogP contribution < -0.4 is 14.8 Å². The van der Waals surface area contributed by atoms with Crippen LogP contribution in [0.4, 0.5) is 0 Å². The molecule has 0 radical (unpaired) electrons. The maximum atomic E-state index is 12.1. The fraction of sp³-hybridized carbons (Fsp3) is 0.389. The van der Waals surface area contributed by atoms with Crippen molar-refractivity contribution in [3.8, 4) is 11.5 Å². The molecule has 6 heteroatoms. The zero-order valence-electron chi connectivity index (χ0n) is 14.0. The van der Waals surface area contributed by atoms with Gasteiger partial charge in [0.2, 0.25) is 5.91 Å². The molecule has 1 N–H and O–H groups in total. The van der Waals surface area contributed by atoms with Crippen LogP contribution in [-0.4, -0.2) is 38.1 Å². The first-order valence-electron chi connectivity index (χ1n) is 7.95. The predicted molar refractivity (Wildman–Crippen MR) is 89.1 cm³/mol. The monoisotopic (exact) mass is 330 g/mol. The Morgan fingerprint density at radius 2 is 2.00 bits per heavy atom. The van der Waals surface area contributed by atoms with Crippen molar-refractivity contribution in [3.63, 3.8) is 0 Å². The molecular formula is C18H22N2O4. The lowest BCUT2D eigenvalue weighted by molar-refractivity contribution is -0.122. The predicted octanol–water partition coefficient (Wildman–Crippen LogP) is 1.97. The first kappa shape index (κ1) is 16.4. The van der Waals surface area contributed by atoms with Gasteiger partial charge in [0.1, 0.15) is 5.76 Å². The lowest BCUT2D eigenvalue weighted by Gasteiger charge is -2.29. The standard InChI is InChI=1S/C18H22N2O4/c1-22-16-8-13-5-6-20(11-14(13)9-17(16)23-2)12-18(21)19-10-15-4-3-7-24-15/h3-4,7-9H,5-6,10-12H2,1-2H3,(H,19,21). The summed E-state index contributed by atoms with van der Waals surface area (Å²) in [5.41, 5.74) is 2.43. The molecule has 0 saturated heterocycles. The van der Waals surface area contributed by atoms with E-state index in [0.29, 0.717) is 13.1 Å². The molecule has 6 nitrogen and oxygen atoms in total. The molecule has 0 bridgehead atoms. The lowest BCUT2D eigenvalue weighted by Crippen LogP contribution is -2.39. The third kappa shape index (κ3) is 3.71. The average Bonchev–Trinajstić information content (AvgIpc) is 3.12. The highest BCUT2D eigenvalue weighted by Crippen LogP contribution is 2.33. The van der Waals surface area contributed by atoms with Crippen LogP contribution in [0.15, 0.2) is 34.9 Å². The lowest BCUT2D eigenvalue weighted by atomic mass is 9.99. The van der Waals surface area contributed by atoms with Crippen molar-refractivity contribution in [1.29, 1.82) is 0 Å². The zero-order valence-corrected chi connectivity index (χ0v) is 14.0. The van der Waals surface area contributed by atoms with Crippen LogP contribution >= 0.6 is 0 Å². The number of carbonyl (C=O) groups excluding carboxylic acids is 1. The highest BCUT2D eigenvalue weighted by atomic mass is 16.5. The third-order valence-electron chi connectivity index (χ3n) is 4.20. The number of methoxy groups -OCH3 is 2. The molecular weight excluding hydrogens is 308 g/mol. The summed E-state index contributed by atoms with van der Waals surface area (Å²) in [7, 11) is 3.27. The van der Waals surface area contributed by atoms with Gasteiger partial charge in [-0.15, -0.1) is 0 Å². The van der Waals surface area contributed by atoms with E-state index >= 15 is 0 Å². The molecule has 0 saturated carbocycles. The van der Waals surface area contributed by atoms with Crippen LogP contribution in [0.1, 0.15) is 16.9 Å². The van der Waals surface area contributed by atoms with Crippen molar-refractivity contribution in [2.75, 3.05) is 27.3 Å². The minimum atomic E-state index is -0.00433. The van der Waals surface area contributed by atoms with E-state index in [1.807, 2.05) is 24.3 Å². The second-order valence-corrected chi connectivity index (χ2v) is 5.79. The fourth-order valence-corrected chi connectivity index (χ4v) is 2.93. The minimum absolute atomic E-state index is 0.00433. The van der Waals surface area contributed by atoms with Crippen molar-refractivity contribution in [3.05, 3.63) is 47.4 Å². The summed E-state index contributed by atoms with van der Waals surface area (Å²) in [5.74, 6) is 2.22. The minimum Gasteiger partial charge on any atom is -0.493 e. The fourth-order valence-electron chi connectivity index (χ4n) is 2.93. The third-order valence-corrected chi connectivity index (χ3v) is 4.20. The molecule has 1 aromatic carbocycles. The van der Waals surface area contributed by atoms with Gasteiger partial charge in [-0.3, -0.25) is 9.69 Å². The number of nitrogens with zero attached hydrogens (tertiary/aromatic N) is 1. The Labute approximate surface area is 141 Å². The van der Waals surface area contributed by atoms with Gasteiger partial charge in [0.25, 0.3) is 0 Å². The second kappa shape index (κ2) is 7.40. The molecule has 0 aliphatic carbocycles. The van der Waals surface area contributed by atoms with E-state index in [1.165, 1.54) is 11.1 Å². The van der Waals surface area contributed by atoms with Gasteiger partial charge in [0.05, 0.1) is 33.6 Å². The van der Waals surface area contributed by atoms with E-state index in [9.17, 15) is 4.79 Å². The largest absolute Gasteiger partial charge is 0.493 e. The van der Waals surface area contributed by atoms with Crippen LogP contribution in [0.2, 0.25) is 0 Å². The van der Waals surface area contributed by atoms with Crippen molar-refractivity contribution in [2.45, 2.75) is 19.5 Å². The van der Waals surface area contributed by atoms with E-state index in [2.05, 4.69) is 10.2 Å². The quantitative estimate of drug-likeness (QED) is 0.877. The van der Waals surface area contributed by atoms with Crippen molar-refractivity contribution < 1.29 is 18.7 Å². The Morgan fingerprint density at radius 1 is 1.25 bits per heavy atom. The van der Waals surface area contributed by atoms with E-state index in [0.717, 1.165) is 36.8 Å². The molecule has 128 valence electrons. The number of hydrogen-bond donors (Lipinski definition) is 1. The van der Waals surface area contributed by atoms with Gasteiger partial charge in [-0.05, 0) is 41.8 Å². The number of rotatable bonds is 6. The summed E-state index contributed by atoms with van der Waals surface area (Å²) in [4.78, 5) is 14.2. The summed E-state index contributed by atoms with van der Waals surface area (Å²) in [6.07, 6.45) is 2.49. The second-order valence-electron chi connectivity index (χ2n) is 5.79. The van der Waals surface area contributed by atoms with Gasteiger partial charge in [-0.1, -0.05) is 0 Å². The number of carbonyl (C=O) groups is 1. The summed E-state index contributed by atoms with van der Waals surface area (Å²) in [5, 5.41) is 2.88. The molecule has 1 aliphatic rings. The van der Waals surface area contributed by atoms with Crippen LogP contribution in [-0.2, 0) is 24.3 Å². The molecule has 24 heavy (non-hydrogen) atoms. The van der Waals surface area contributed by atoms with Gasteiger partial charge in [0.15, 0.2) is 11.5 Å². The maximum absolute atomic E-state index is 12.1. The summed E-state index contributed by atoms with van der Waals surface area (Å²) >= 11 is 0. The average molecular weight is 330 g/mol. The van der Waals surface area contributed by atoms with Crippen molar-refractivity contribution in [2.24, 2.45) is 0 Å². The van der Waals surface area contributed by atoms with Crippen LogP contribution in [0.3, 0.4) is 0 Å². The van der Waals surface area contributed by atoms with E-state index < -0.39 is 0 Å². The molecule has 2 aromatic rings. The van der Waals surface area contributed by atoms with Crippen molar-refractivity contribution >= 4 is 5.91 Å². The highest BCUT2D eigenvalue weighted by Gasteiger charge is 2.21. The number of hydrogen-bond acceptors (Lipinski definition) is 5. The number of nitrogens with one attached hydrogen (secondary N) is 1. The number of ether oxygens (including phenoxy) is 2. The SMILES string of the molecule is COc1cc2c(cc1OC)CN(CC(=O)NCc1ccco1)CC2. The molecule has 0 unspecified atom stereocenters. The molecule has 0 spiro atoms. The Hall–Kier alpha value is -2.47. The highest BCUT2D eigenvalue weighted by molar-refractivity contribution is 5.78. The molecule has 1 aliphatic heterocycles. The van der Waals surface area contributed by atoms with E-state index in [-0.39, 0.29) is 5.91 Å². The number of fused-ring (bicyclic) bond motifs is 1. The van der Waals surface area contributed by atoms with Gasteiger partial charge in [-0.2, -0.15) is 0 Å². The first-order valence-corrected chi connectivity index (χ1v) is 7.95. The van der Waals surface area contributed by atoms with Crippen LogP contribution in [0, 0.1) is 0 Å². The molecule has 3 rings (SSSR count). The van der Waals surface area contributed by atoms with Gasteiger partial charge >= 0.3 is 0 Å². The summed E-state index contributed by atoms with van der Waals surface area (Å²) in [6, 6.07) is 7.69.